The Labute approximate surface area is 166 Å². The van der Waals surface area contributed by atoms with Gasteiger partial charge in [-0.3, -0.25) is 4.98 Å². The number of alkyl carbamates (subject to hydrolysis) is 1. The molecule has 1 fully saturated rings. The predicted octanol–water partition coefficient (Wildman–Crippen LogP) is 4.59. The van der Waals surface area contributed by atoms with Gasteiger partial charge in [0.1, 0.15) is 17.7 Å². The zero-order valence-electron chi connectivity index (χ0n) is 15.4. The number of hydrogen-bond acceptors (Lipinski definition) is 3. The van der Waals surface area contributed by atoms with Crippen molar-refractivity contribution in [1.29, 1.82) is 0 Å². The number of carbonyl (C=O) groups excluding carboxylic acids is 1. The van der Waals surface area contributed by atoms with Gasteiger partial charge in [0.15, 0.2) is 6.10 Å². The van der Waals surface area contributed by atoms with Gasteiger partial charge in [-0.25, -0.2) is 13.6 Å². The van der Waals surface area contributed by atoms with Crippen molar-refractivity contribution in [3.63, 3.8) is 0 Å². The second-order valence-corrected chi connectivity index (χ2v) is 6.69. The number of carbonyl (C=O) groups is 1. The molecule has 4 rings (SSSR count). The van der Waals surface area contributed by atoms with Crippen molar-refractivity contribution in [1.82, 2.24) is 10.3 Å². The molecule has 0 spiro atoms. The fourth-order valence-electron chi connectivity index (χ4n) is 3.20. The van der Waals surface area contributed by atoms with E-state index in [1.54, 1.807) is 18.5 Å². The highest BCUT2D eigenvalue weighted by Gasteiger charge is 2.38. The maximum atomic E-state index is 14.2. The van der Waals surface area contributed by atoms with Crippen molar-refractivity contribution in [2.24, 2.45) is 0 Å². The van der Waals surface area contributed by atoms with E-state index in [0.717, 1.165) is 29.3 Å². The van der Waals surface area contributed by atoms with Crippen LogP contribution >= 0.6 is 0 Å². The molecule has 1 N–H and O–H groups in total. The van der Waals surface area contributed by atoms with Gasteiger partial charge in [-0.15, -0.1) is 0 Å². The van der Waals surface area contributed by atoms with Crippen LogP contribution in [0.15, 0.2) is 60.9 Å². The zero-order valence-corrected chi connectivity index (χ0v) is 15.4. The average Bonchev–Trinajstić information content (AvgIpc) is 3.11. The maximum absolute atomic E-state index is 14.2. The van der Waals surface area contributed by atoms with Gasteiger partial charge in [0.05, 0.1) is 0 Å². The number of cyclic esters (lactones) is 1. The number of pyridine rings is 1. The Balaban J connectivity index is 1.67. The number of halogens is 2. The molecule has 144 valence electrons. The van der Waals surface area contributed by atoms with E-state index in [0.29, 0.717) is 11.1 Å². The first-order valence-corrected chi connectivity index (χ1v) is 8.96. The zero-order chi connectivity index (χ0) is 20.4. The first-order chi connectivity index (χ1) is 14.0. The Hall–Kier alpha value is -3.72. The third-order valence-electron chi connectivity index (χ3n) is 4.68. The summed E-state index contributed by atoms with van der Waals surface area (Å²) in [4.78, 5) is 16.0. The molecule has 2 atom stereocenters. The summed E-state index contributed by atoms with van der Waals surface area (Å²) in [6.07, 6.45) is 1.42. The molecular weight excluding hydrogens is 374 g/mol. The summed E-state index contributed by atoms with van der Waals surface area (Å²) in [5.74, 6) is 4.89. The topological polar surface area (TPSA) is 51.2 Å². The molecule has 0 aliphatic carbocycles. The van der Waals surface area contributed by atoms with Crippen molar-refractivity contribution in [3.05, 3.63) is 100 Å². The van der Waals surface area contributed by atoms with Crippen LogP contribution in [0, 0.1) is 30.4 Å². The number of aromatic nitrogens is 1. The molecule has 0 saturated carbocycles. The van der Waals surface area contributed by atoms with E-state index >= 15 is 0 Å². The van der Waals surface area contributed by atoms with Gasteiger partial charge in [-0.1, -0.05) is 30.0 Å². The van der Waals surface area contributed by atoms with Crippen molar-refractivity contribution >= 4 is 6.09 Å². The van der Waals surface area contributed by atoms with Gasteiger partial charge in [0.2, 0.25) is 0 Å². The Morgan fingerprint density at radius 2 is 1.90 bits per heavy atom. The van der Waals surface area contributed by atoms with Crippen molar-refractivity contribution in [2.75, 3.05) is 0 Å². The molecule has 2 aromatic carbocycles. The van der Waals surface area contributed by atoms with E-state index in [4.69, 9.17) is 4.74 Å². The summed E-state index contributed by atoms with van der Waals surface area (Å²) in [5, 5.41) is 2.64. The van der Waals surface area contributed by atoms with E-state index in [-0.39, 0.29) is 5.56 Å². The number of rotatable bonds is 2. The Morgan fingerprint density at radius 1 is 1.07 bits per heavy atom. The largest absolute Gasteiger partial charge is 0.439 e. The minimum Gasteiger partial charge on any atom is -0.439 e. The molecule has 1 aliphatic rings. The molecule has 2 heterocycles. The molecule has 29 heavy (non-hydrogen) atoms. The monoisotopic (exact) mass is 390 g/mol. The van der Waals surface area contributed by atoms with Crippen molar-refractivity contribution in [3.8, 4) is 11.8 Å². The molecular formula is C23H16F2N2O2. The first kappa shape index (κ1) is 18.6. The van der Waals surface area contributed by atoms with Crippen LogP contribution in [0.5, 0.6) is 0 Å². The molecule has 1 saturated heterocycles. The summed E-state index contributed by atoms with van der Waals surface area (Å²) < 4.78 is 33.1. The van der Waals surface area contributed by atoms with Crippen LogP contribution in [0.3, 0.4) is 0 Å². The molecule has 1 aromatic heterocycles. The van der Waals surface area contributed by atoms with Gasteiger partial charge >= 0.3 is 6.09 Å². The van der Waals surface area contributed by atoms with Crippen LogP contribution in [0.2, 0.25) is 0 Å². The second kappa shape index (κ2) is 7.72. The van der Waals surface area contributed by atoms with Gasteiger partial charge in [0.25, 0.3) is 0 Å². The molecule has 0 bridgehead atoms. The number of aryl methyl sites for hydroxylation is 1. The van der Waals surface area contributed by atoms with Crippen LogP contribution in [0.25, 0.3) is 0 Å². The highest BCUT2D eigenvalue weighted by molar-refractivity contribution is 5.71. The third kappa shape index (κ3) is 3.94. The van der Waals surface area contributed by atoms with Gasteiger partial charge in [-0.05, 0) is 48.4 Å². The summed E-state index contributed by atoms with van der Waals surface area (Å²) in [5.41, 5.74) is 3.13. The van der Waals surface area contributed by atoms with Crippen LogP contribution < -0.4 is 5.32 Å². The molecule has 6 heteroatoms. The van der Waals surface area contributed by atoms with Crippen LogP contribution in [-0.4, -0.2) is 11.1 Å². The molecule has 4 nitrogen and oxygen atoms in total. The Kier molecular flexibility index (Phi) is 4.96. The van der Waals surface area contributed by atoms with Crippen molar-refractivity contribution in [2.45, 2.75) is 19.1 Å². The molecule has 0 unspecified atom stereocenters. The fraction of sp³-hybridized carbons (Fsp3) is 0.130. The van der Waals surface area contributed by atoms with Gasteiger partial charge < -0.3 is 10.1 Å². The minimum atomic E-state index is -1.01. The molecule has 3 aromatic rings. The van der Waals surface area contributed by atoms with E-state index in [1.807, 2.05) is 31.2 Å². The molecule has 0 radical (unpaired) electrons. The van der Waals surface area contributed by atoms with E-state index < -0.39 is 29.9 Å². The number of nitrogens with one attached hydrogen (secondary N) is 1. The summed E-state index contributed by atoms with van der Waals surface area (Å²) in [6, 6.07) is 11.8. The smallest absolute Gasteiger partial charge is 0.408 e. The van der Waals surface area contributed by atoms with E-state index in [9.17, 15) is 13.6 Å². The number of benzene rings is 2. The van der Waals surface area contributed by atoms with Crippen LogP contribution in [-0.2, 0) is 4.74 Å². The highest BCUT2D eigenvalue weighted by atomic mass is 19.1. The average molecular weight is 390 g/mol. The van der Waals surface area contributed by atoms with Crippen molar-refractivity contribution < 1.29 is 18.3 Å². The SMILES string of the molecule is Cc1ccccc1C#Cc1cncc([C@H]2NC(=O)O[C@@H]2c2cc(F)ccc2F)c1. The van der Waals surface area contributed by atoms with E-state index in [2.05, 4.69) is 22.1 Å². The summed E-state index contributed by atoms with van der Waals surface area (Å²) >= 11 is 0. The van der Waals surface area contributed by atoms with E-state index in [1.165, 1.54) is 0 Å². The highest BCUT2D eigenvalue weighted by Crippen LogP contribution is 2.37. The quantitative estimate of drug-likeness (QED) is 0.651. The number of hydrogen-bond donors (Lipinski definition) is 1. The predicted molar refractivity (Wildman–Crippen MR) is 103 cm³/mol. The molecule has 1 aliphatic heterocycles. The fourth-order valence-corrected chi connectivity index (χ4v) is 3.20. The summed E-state index contributed by atoms with van der Waals surface area (Å²) in [7, 11) is 0. The lowest BCUT2D eigenvalue weighted by Gasteiger charge is -2.18. The van der Waals surface area contributed by atoms with Crippen LogP contribution in [0.4, 0.5) is 13.6 Å². The third-order valence-corrected chi connectivity index (χ3v) is 4.68. The summed E-state index contributed by atoms with van der Waals surface area (Å²) in [6.45, 7) is 1.97. The number of amides is 1. The normalized spacial score (nSPS) is 17.8. The lowest BCUT2D eigenvalue weighted by atomic mass is 9.96. The first-order valence-electron chi connectivity index (χ1n) is 8.96. The maximum Gasteiger partial charge on any atom is 0.408 e. The standard InChI is InChI=1S/C23H16F2N2O2/c1-14-4-2-3-5-16(14)7-6-15-10-17(13-26-12-15)21-22(29-23(28)27-21)19-11-18(24)8-9-20(19)25/h2-5,8-13,21-22H,1H3,(H,27,28)/t21-,22-/m1/s1. The minimum absolute atomic E-state index is 0.0373. The van der Waals surface area contributed by atoms with Crippen LogP contribution in [0.1, 0.15) is 40.0 Å². The Bertz CT molecular complexity index is 1150. The molecule has 1 amide bonds. The number of ether oxygens (including phenoxy) is 1. The number of nitrogens with zero attached hydrogens (tertiary/aromatic N) is 1. The second-order valence-electron chi connectivity index (χ2n) is 6.69. The lowest BCUT2D eigenvalue weighted by Crippen LogP contribution is -2.20. The Morgan fingerprint density at radius 3 is 2.72 bits per heavy atom. The lowest BCUT2D eigenvalue weighted by molar-refractivity contribution is 0.130. The van der Waals surface area contributed by atoms with Gasteiger partial charge in [-0.2, -0.15) is 0 Å². The van der Waals surface area contributed by atoms with Gasteiger partial charge in [0, 0.05) is 29.1 Å².